The summed E-state index contributed by atoms with van der Waals surface area (Å²) >= 11 is 0. The Labute approximate surface area is 107 Å². The molecule has 98 valence electrons. The van der Waals surface area contributed by atoms with E-state index in [9.17, 15) is 9.90 Å². The minimum Gasteiger partial charge on any atom is -0.387 e. The van der Waals surface area contributed by atoms with Gasteiger partial charge in [-0.25, -0.2) is 4.79 Å². The van der Waals surface area contributed by atoms with Crippen LogP contribution in [0.15, 0.2) is 30.3 Å². The number of hydrogen-bond donors (Lipinski definition) is 3. The fraction of sp³-hybridized carbons (Fsp3) is 0.500. The molecule has 2 amide bonds. The molecule has 1 saturated carbocycles. The van der Waals surface area contributed by atoms with Crippen molar-refractivity contribution in [2.45, 2.75) is 37.8 Å². The molecule has 0 saturated heterocycles. The molecule has 4 heteroatoms. The lowest BCUT2D eigenvalue weighted by Gasteiger charge is -2.15. The summed E-state index contributed by atoms with van der Waals surface area (Å²) in [6.07, 6.45) is 3.86. The van der Waals surface area contributed by atoms with Crippen molar-refractivity contribution in [2.24, 2.45) is 0 Å². The summed E-state index contributed by atoms with van der Waals surface area (Å²) in [5.74, 6) is 0. The van der Waals surface area contributed by atoms with Crippen LogP contribution in [0.5, 0.6) is 0 Å². The van der Waals surface area contributed by atoms with Crippen LogP contribution in [-0.4, -0.2) is 23.7 Å². The molecule has 0 aromatic heterocycles. The highest BCUT2D eigenvalue weighted by Crippen LogP contribution is 2.17. The SMILES string of the molecule is O=C(NC[C@H](O)c1ccccc1)NC1CCCC1. The van der Waals surface area contributed by atoms with Gasteiger partial charge in [0.05, 0.1) is 6.10 Å². The van der Waals surface area contributed by atoms with Gasteiger partial charge in [0.1, 0.15) is 0 Å². The molecular formula is C14H20N2O2. The molecule has 1 aliphatic rings. The molecule has 0 heterocycles. The predicted molar refractivity (Wildman–Crippen MR) is 70.2 cm³/mol. The van der Waals surface area contributed by atoms with Gasteiger partial charge in [0.15, 0.2) is 0 Å². The number of aliphatic hydroxyl groups is 1. The zero-order valence-electron chi connectivity index (χ0n) is 10.4. The van der Waals surface area contributed by atoms with E-state index in [-0.39, 0.29) is 12.6 Å². The Morgan fingerprint density at radius 1 is 1.28 bits per heavy atom. The van der Waals surface area contributed by atoms with Crippen LogP contribution in [0.3, 0.4) is 0 Å². The van der Waals surface area contributed by atoms with Crippen molar-refractivity contribution >= 4 is 6.03 Å². The quantitative estimate of drug-likeness (QED) is 0.762. The maximum atomic E-state index is 11.6. The number of carbonyl (C=O) groups excluding carboxylic acids is 1. The molecule has 0 radical (unpaired) electrons. The Kier molecular flexibility index (Phi) is 4.59. The van der Waals surface area contributed by atoms with Crippen LogP contribution in [0.1, 0.15) is 37.4 Å². The zero-order chi connectivity index (χ0) is 12.8. The van der Waals surface area contributed by atoms with Gasteiger partial charge in [0.2, 0.25) is 0 Å². The molecular weight excluding hydrogens is 228 g/mol. The second-order valence-electron chi connectivity index (χ2n) is 4.76. The summed E-state index contributed by atoms with van der Waals surface area (Å²) in [5, 5.41) is 15.5. The lowest BCUT2D eigenvalue weighted by molar-refractivity contribution is 0.172. The summed E-state index contributed by atoms with van der Waals surface area (Å²) in [6, 6.07) is 9.46. The van der Waals surface area contributed by atoms with E-state index in [1.54, 1.807) is 0 Å². The first-order chi connectivity index (χ1) is 8.75. The van der Waals surface area contributed by atoms with Crippen LogP contribution in [0, 0.1) is 0 Å². The number of rotatable bonds is 4. The number of carbonyl (C=O) groups is 1. The van der Waals surface area contributed by atoms with Crippen LogP contribution in [0.25, 0.3) is 0 Å². The summed E-state index contributed by atoms with van der Waals surface area (Å²) < 4.78 is 0. The van der Waals surface area contributed by atoms with Crippen molar-refractivity contribution in [3.63, 3.8) is 0 Å². The molecule has 0 bridgehead atoms. The number of hydrogen-bond acceptors (Lipinski definition) is 2. The Morgan fingerprint density at radius 3 is 2.61 bits per heavy atom. The first-order valence-electron chi connectivity index (χ1n) is 6.53. The Balaban J connectivity index is 1.72. The minimum atomic E-state index is -0.652. The molecule has 1 aliphatic carbocycles. The molecule has 1 atom stereocenters. The topological polar surface area (TPSA) is 61.4 Å². The Morgan fingerprint density at radius 2 is 1.94 bits per heavy atom. The average molecular weight is 248 g/mol. The Hall–Kier alpha value is -1.55. The highest BCUT2D eigenvalue weighted by molar-refractivity contribution is 5.74. The van der Waals surface area contributed by atoms with Crippen molar-refractivity contribution < 1.29 is 9.90 Å². The molecule has 18 heavy (non-hydrogen) atoms. The first-order valence-corrected chi connectivity index (χ1v) is 6.53. The van der Waals surface area contributed by atoms with Gasteiger partial charge in [-0.05, 0) is 18.4 Å². The van der Waals surface area contributed by atoms with Crippen LogP contribution >= 0.6 is 0 Å². The lowest BCUT2D eigenvalue weighted by atomic mass is 10.1. The van der Waals surface area contributed by atoms with E-state index < -0.39 is 6.10 Å². The normalized spacial score (nSPS) is 17.4. The van der Waals surface area contributed by atoms with Gasteiger partial charge in [-0.2, -0.15) is 0 Å². The number of aliphatic hydroxyl groups excluding tert-OH is 1. The van der Waals surface area contributed by atoms with E-state index in [1.165, 1.54) is 12.8 Å². The van der Waals surface area contributed by atoms with Crippen LogP contribution in [0.2, 0.25) is 0 Å². The highest BCUT2D eigenvalue weighted by atomic mass is 16.3. The van der Waals surface area contributed by atoms with E-state index in [2.05, 4.69) is 10.6 Å². The van der Waals surface area contributed by atoms with Crippen LogP contribution in [0.4, 0.5) is 4.79 Å². The molecule has 1 fully saturated rings. The largest absolute Gasteiger partial charge is 0.387 e. The van der Waals surface area contributed by atoms with E-state index in [4.69, 9.17) is 0 Å². The number of amides is 2. The van der Waals surface area contributed by atoms with Gasteiger partial charge in [0.25, 0.3) is 0 Å². The standard InChI is InChI=1S/C14H20N2O2/c17-13(11-6-2-1-3-7-11)10-15-14(18)16-12-8-4-5-9-12/h1-3,6-7,12-13,17H,4-5,8-10H2,(H2,15,16,18)/t13-/m0/s1. The summed E-state index contributed by atoms with van der Waals surface area (Å²) in [4.78, 5) is 11.6. The fourth-order valence-electron chi connectivity index (χ4n) is 2.29. The summed E-state index contributed by atoms with van der Waals surface area (Å²) in [6.45, 7) is 0.239. The molecule has 1 aromatic rings. The van der Waals surface area contributed by atoms with Crippen LogP contribution < -0.4 is 10.6 Å². The monoisotopic (exact) mass is 248 g/mol. The maximum Gasteiger partial charge on any atom is 0.315 e. The van der Waals surface area contributed by atoms with Gasteiger partial charge >= 0.3 is 6.03 Å². The first kappa shape index (κ1) is 12.9. The molecule has 4 nitrogen and oxygen atoms in total. The molecule has 1 aromatic carbocycles. The molecule has 0 spiro atoms. The van der Waals surface area contributed by atoms with E-state index in [0.717, 1.165) is 18.4 Å². The van der Waals surface area contributed by atoms with Gasteiger partial charge in [-0.1, -0.05) is 43.2 Å². The summed E-state index contributed by atoms with van der Waals surface area (Å²) in [7, 11) is 0. The smallest absolute Gasteiger partial charge is 0.315 e. The Bertz CT molecular complexity index is 375. The number of urea groups is 1. The van der Waals surface area contributed by atoms with Crippen molar-refractivity contribution in [3.8, 4) is 0 Å². The third-order valence-corrected chi connectivity index (χ3v) is 3.33. The highest BCUT2D eigenvalue weighted by Gasteiger charge is 2.17. The van der Waals surface area contributed by atoms with Crippen LogP contribution in [-0.2, 0) is 0 Å². The zero-order valence-corrected chi connectivity index (χ0v) is 10.4. The number of nitrogens with one attached hydrogen (secondary N) is 2. The third kappa shape index (κ3) is 3.74. The minimum absolute atomic E-state index is 0.183. The van der Waals surface area contributed by atoms with Gasteiger partial charge in [0, 0.05) is 12.6 Å². The van der Waals surface area contributed by atoms with Crippen molar-refractivity contribution in [1.29, 1.82) is 0 Å². The average Bonchev–Trinajstić information content (AvgIpc) is 2.90. The molecule has 0 unspecified atom stereocenters. The fourth-order valence-corrected chi connectivity index (χ4v) is 2.29. The molecule has 0 aliphatic heterocycles. The third-order valence-electron chi connectivity index (χ3n) is 3.33. The predicted octanol–water partition coefficient (Wildman–Crippen LogP) is 1.96. The summed E-state index contributed by atoms with van der Waals surface area (Å²) in [5.41, 5.74) is 0.818. The van der Waals surface area contributed by atoms with Crippen molar-refractivity contribution in [1.82, 2.24) is 10.6 Å². The molecule has 2 rings (SSSR count). The number of benzene rings is 1. The van der Waals surface area contributed by atoms with Crippen molar-refractivity contribution in [2.75, 3.05) is 6.54 Å². The van der Waals surface area contributed by atoms with E-state index in [0.29, 0.717) is 6.04 Å². The van der Waals surface area contributed by atoms with E-state index in [1.807, 2.05) is 30.3 Å². The van der Waals surface area contributed by atoms with Gasteiger partial charge in [-0.15, -0.1) is 0 Å². The second-order valence-corrected chi connectivity index (χ2v) is 4.76. The van der Waals surface area contributed by atoms with Gasteiger partial charge in [-0.3, -0.25) is 0 Å². The molecule has 3 N–H and O–H groups in total. The van der Waals surface area contributed by atoms with Crippen molar-refractivity contribution in [3.05, 3.63) is 35.9 Å². The van der Waals surface area contributed by atoms with E-state index >= 15 is 0 Å². The lowest BCUT2D eigenvalue weighted by Crippen LogP contribution is -2.42. The van der Waals surface area contributed by atoms with Gasteiger partial charge < -0.3 is 15.7 Å². The second kappa shape index (κ2) is 6.40. The maximum absolute atomic E-state index is 11.6.